The molecule has 5 rings (SSSR count). The van der Waals surface area contributed by atoms with Crippen molar-refractivity contribution in [2.45, 2.75) is 13.5 Å². The van der Waals surface area contributed by atoms with E-state index < -0.39 is 0 Å². The summed E-state index contributed by atoms with van der Waals surface area (Å²) in [5, 5.41) is 8.00. The third-order valence-corrected chi connectivity index (χ3v) is 7.77. The Kier molecular flexibility index (Phi) is 6.53. The highest BCUT2D eigenvalue weighted by molar-refractivity contribution is 7.17. The standard InChI is InChI=1S/C26H26N4OS2/c1-19-24(33-26(27-19)21-11-16-32-18-21)25(31)28-22-7-9-23(10-8-22)30-14-12-29(13-15-30)17-20-5-3-2-4-6-20/h2-11,16,18H,12-15,17H2,1H3,(H,28,31). The fraction of sp³-hybridized carbons (Fsp3) is 0.231. The number of nitrogens with zero attached hydrogens (tertiary/aromatic N) is 3. The Morgan fingerprint density at radius 1 is 1.00 bits per heavy atom. The number of aryl methyl sites for hydroxylation is 1. The second-order valence-corrected chi connectivity index (χ2v) is 9.97. The summed E-state index contributed by atoms with van der Waals surface area (Å²) in [6.07, 6.45) is 0. The smallest absolute Gasteiger partial charge is 0.267 e. The Bertz CT molecular complexity index is 1200. The van der Waals surface area contributed by atoms with Crippen molar-refractivity contribution in [3.8, 4) is 10.6 Å². The van der Waals surface area contributed by atoms with Gasteiger partial charge in [0, 0.05) is 55.0 Å². The van der Waals surface area contributed by atoms with Crippen molar-refractivity contribution in [3.05, 3.63) is 87.6 Å². The van der Waals surface area contributed by atoms with Crippen molar-refractivity contribution in [1.82, 2.24) is 9.88 Å². The van der Waals surface area contributed by atoms with Gasteiger partial charge >= 0.3 is 0 Å². The fourth-order valence-electron chi connectivity index (χ4n) is 4.07. The zero-order valence-electron chi connectivity index (χ0n) is 18.5. The Morgan fingerprint density at radius 3 is 2.45 bits per heavy atom. The van der Waals surface area contributed by atoms with Crippen LogP contribution >= 0.6 is 22.7 Å². The average Bonchev–Trinajstić information content (AvgIpc) is 3.51. The average molecular weight is 475 g/mol. The molecule has 0 saturated carbocycles. The molecule has 1 aliphatic rings. The van der Waals surface area contributed by atoms with E-state index in [2.05, 4.69) is 67.9 Å². The van der Waals surface area contributed by atoms with Crippen molar-refractivity contribution in [2.24, 2.45) is 0 Å². The maximum atomic E-state index is 12.8. The van der Waals surface area contributed by atoms with Gasteiger partial charge in [0.05, 0.1) is 5.69 Å². The molecule has 0 spiro atoms. The maximum Gasteiger partial charge on any atom is 0.267 e. The molecular formula is C26H26N4OS2. The van der Waals surface area contributed by atoms with Gasteiger partial charge in [0.1, 0.15) is 9.88 Å². The highest BCUT2D eigenvalue weighted by atomic mass is 32.1. The van der Waals surface area contributed by atoms with Gasteiger partial charge in [-0.25, -0.2) is 4.98 Å². The normalized spacial score (nSPS) is 14.4. The largest absolute Gasteiger partial charge is 0.369 e. The molecule has 7 heteroatoms. The van der Waals surface area contributed by atoms with E-state index in [4.69, 9.17) is 0 Å². The number of piperazine rings is 1. The number of nitrogens with one attached hydrogen (secondary N) is 1. The lowest BCUT2D eigenvalue weighted by Gasteiger charge is -2.36. The summed E-state index contributed by atoms with van der Waals surface area (Å²) in [6.45, 7) is 7.00. The number of hydrogen-bond acceptors (Lipinski definition) is 6. The van der Waals surface area contributed by atoms with Crippen LogP contribution < -0.4 is 10.2 Å². The van der Waals surface area contributed by atoms with Crippen molar-refractivity contribution in [1.29, 1.82) is 0 Å². The highest BCUT2D eigenvalue weighted by Crippen LogP contribution is 2.30. The highest BCUT2D eigenvalue weighted by Gasteiger charge is 2.19. The zero-order chi connectivity index (χ0) is 22.6. The molecule has 4 aromatic rings. The molecule has 0 bridgehead atoms. The first-order valence-electron chi connectivity index (χ1n) is 11.1. The topological polar surface area (TPSA) is 48.5 Å². The van der Waals surface area contributed by atoms with Crippen molar-refractivity contribution in [2.75, 3.05) is 36.4 Å². The van der Waals surface area contributed by atoms with Crippen LogP contribution in [0, 0.1) is 6.92 Å². The second-order valence-electron chi connectivity index (χ2n) is 8.20. The quantitative estimate of drug-likeness (QED) is 0.386. The van der Waals surface area contributed by atoms with E-state index in [0.717, 1.165) is 54.7 Å². The molecular weight excluding hydrogens is 448 g/mol. The molecule has 1 N–H and O–H groups in total. The molecule has 1 saturated heterocycles. The van der Waals surface area contributed by atoms with E-state index in [1.807, 2.05) is 30.5 Å². The summed E-state index contributed by atoms with van der Waals surface area (Å²) < 4.78 is 0. The first-order chi connectivity index (χ1) is 16.2. The van der Waals surface area contributed by atoms with E-state index in [-0.39, 0.29) is 5.91 Å². The van der Waals surface area contributed by atoms with Gasteiger partial charge in [-0.1, -0.05) is 30.3 Å². The molecule has 0 atom stereocenters. The molecule has 0 radical (unpaired) electrons. The molecule has 0 unspecified atom stereocenters. The van der Waals surface area contributed by atoms with Gasteiger partial charge in [0.25, 0.3) is 5.91 Å². The van der Waals surface area contributed by atoms with Gasteiger partial charge in [-0.05, 0) is 48.2 Å². The minimum absolute atomic E-state index is 0.103. The van der Waals surface area contributed by atoms with E-state index in [1.165, 1.54) is 22.6 Å². The Labute approximate surface area is 202 Å². The minimum Gasteiger partial charge on any atom is -0.369 e. The van der Waals surface area contributed by atoms with E-state index >= 15 is 0 Å². The molecule has 168 valence electrons. The van der Waals surface area contributed by atoms with Crippen LogP contribution in [0.15, 0.2) is 71.4 Å². The maximum absolute atomic E-state index is 12.8. The summed E-state index contributed by atoms with van der Waals surface area (Å²) in [4.78, 5) is 23.0. The summed E-state index contributed by atoms with van der Waals surface area (Å²) in [6, 6.07) is 20.8. The third-order valence-electron chi connectivity index (χ3n) is 5.88. The van der Waals surface area contributed by atoms with Crippen LogP contribution in [0.1, 0.15) is 20.9 Å². The minimum atomic E-state index is -0.103. The number of carbonyl (C=O) groups excluding carboxylic acids is 1. The predicted octanol–water partition coefficient (Wildman–Crippen LogP) is 5.75. The van der Waals surface area contributed by atoms with E-state index in [1.54, 1.807) is 11.3 Å². The summed E-state index contributed by atoms with van der Waals surface area (Å²) in [5.41, 5.74) is 5.20. The Morgan fingerprint density at radius 2 is 1.76 bits per heavy atom. The van der Waals surface area contributed by atoms with Crippen LogP contribution in [0.3, 0.4) is 0 Å². The summed E-state index contributed by atoms with van der Waals surface area (Å²) in [7, 11) is 0. The molecule has 33 heavy (non-hydrogen) atoms. The lowest BCUT2D eigenvalue weighted by molar-refractivity contribution is 0.103. The predicted molar refractivity (Wildman–Crippen MR) is 138 cm³/mol. The van der Waals surface area contributed by atoms with E-state index in [0.29, 0.717) is 4.88 Å². The van der Waals surface area contributed by atoms with E-state index in [9.17, 15) is 4.79 Å². The third kappa shape index (κ3) is 5.16. The fourth-order valence-corrected chi connectivity index (χ4v) is 5.74. The lowest BCUT2D eigenvalue weighted by atomic mass is 10.2. The number of thiophene rings is 1. The first kappa shape index (κ1) is 21.8. The number of anilines is 2. The van der Waals surface area contributed by atoms with Gasteiger partial charge in [0.2, 0.25) is 0 Å². The van der Waals surface area contributed by atoms with Gasteiger partial charge in [-0.3, -0.25) is 9.69 Å². The van der Waals surface area contributed by atoms with Crippen molar-refractivity contribution in [3.63, 3.8) is 0 Å². The molecule has 2 aromatic heterocycles. The van der Waals surface area contributed by atoms with Crippen LogP contribution in [0.2, 0.25) is 0 Å². The monoisotopic (exact) mass is 474 g/mol. The zero-order valence-corrected chi connectivity index (χ0v) is 20.2. The van der Waals surface area contributed by atoms with Gasteiger partial charge < -0.3 is 10.2 Å². The second kappa shape index (κ2) is 9.87. The van der Waals surface area contributed by atoms with Crippen molar-refractivity contribution < 1.29 is 4.79 Å². The Balaban J connectivity index is 1.17. The van der Waals surface area contributed by atoms with Gasteiger partial charge in [0.15, 0.2) is 0 Å². The summed E-state index contributed by atoms with van der Waals surface area (Å²) in [5.74, 6) is -0.103. The van der Waals surface area contributed by atoms with Crippen molar-refractivity contribution >= 4 is 40.0 Å². The number of carbonyl (C=O) groups is 1. The molecule has 5 nitrogen and oxygen atoms in total. The molecule has 1 fully saturated rings. The van der Waals surface area contributed by atoms with Crippen LogP contribution in [0.25, 0.3) is 10.6 Å². The Hall–Kier alpha value is -3.00. The van der Waals surface area contributed by atoms with Gasteiger partial charge in [-0.15, -0.1) is 11.3 Å². The van der Waals surface area contributed by atoms with Gasteiger partial charge in [-0.2, -0.15) is 11.3 Å². The number of rotatable bonds is 6. The first-order valence-corrected chi connectivity index (χ1v) is 12.8. The number of benzene rings is 2. The lowest BCUT2D eigenvalue weighted by Crippen LogP contribution is -2.45. The SMILES string of the molecule is Cc1nc(-c2ccsc2)sc1C(=O)Nc1ccc(N2CCN(Cc3ccccc3)CC2)cc1. The van der Waals surface area contributed by atoms with Crippen LogP contribution in [0.5, 0.6) is 0 Å². The summed E-state index contributed by atoms with van der Waals surface area (Å²) >= 11 is 3.07. The number of amides is 1. The van der Waals surface area contributed by atoms with Crippen LogP contribution in [-0.4, -0.2) is 42.0 Å². The number of aromatic nitrogens is 1. The van der Waals surface area contributed by atoms with Crippen LogP contribution in [-0.2, 0) is 6.54 Å². The molecule has 0 aliphatic carbocycles. The number of thiazole rings is 1. The van der Waals surface area contributed by atoms with Crippen LogP contribution in [0.4, 0.5) is 11.4 Å². The molecule has 3 heterocycles. The molecule has 1 aliphatic heterocycles. The molecule has 2 aromatic carbocycles. The molecule has 1 amide bonds. The number of hydrogen-bond donors (Lipinski definition) is 1.